The number of amides is 1. The van der Waals surface area contributed by atoms with Crippen molar-refractivity contribution in [3.63, 3.8) is 0 Å². The van der Waals surface area contributed by atoms with Gasteiger partial charge in [-0.3, -0.25) is 4.79 Å². The Balaban J connectivity index is 1.76. The number of nitrogens with zero attached hydrogens (tertiary/aromatic N) is 1. The standard InChI is InChI=1S/C23H32N2O4/c1-15-11-19(16(2)25(15)18-9-7-6-8-10-18)23(26)24-14-17-12-20(27-3)22(29-5)21(13-17)28-4/h11-13,18H,6-10,14H2,1-5H3,(H,24,26). The maximum Gasteiger partial charge on any atom is 0.253 e. The molecule has 1 N–H and O–H groups in total. The van der Waals surface area contributed by atoms with Gasteiger partial charge in [0.25, 0.3) is 5.91 Å². The van der Waals surface area contributed by atoms with Crippen molar-refractivity contribution in [2.24, 2.45) is 0 Å². The average molecular weight is 401 g/mol. The number of ether oxygens (including phenoxy) is 3. The zero-order valence-electron chi connectivity index (χ0n) is 18.1. The molecule has 2 aromatic rings. The van der Waals surface area contributed by atoms with Crippen molar-refractivity contribution < 1.29 is 19.0 Å². The van der Waals surface area contributed by atoms with Crippen LogP contribution in [0.2, 0.25) is 0 Å². The fraction of sp³-hybridized carbons (Fsp3) is 0.522. The minimum atomic E-state index is -0.0612. The third-order valence-corrected chi connectivity index (χ3v) is 5.85. The first-order chi connectivity index (χ1) is 14.0. The van der Waals surface area contributed by atoms with Gasteiger partial charge in [0, 0.05) is 24.0 Å². The number of hydrogen-bond acceptors (Lipinski definition) is 4. The number of hydrogen-bond donors (Lipinski definition) is 1. The number of carbonyl (C=O) groups excluding carboxylic acids is 1. The van der Waals surface area contributed by atoms with Crippen LogP contribution in [0.1, 0.15) is 65.5 Å². The monoisotopic (exact) mass is 400 g/mol. The first-order valence-corrected chi connectivity index (χ1v) is 10.3. The molecule has 3 rings (SSSR count). The molecule has 0 aliphatic heterocycles. The van der Waals surface area contributed by atoms with E-state index in [1.165, 1.54) is 32.1 Å². The van der Waals surface area contributed by atoms with Gasteiger partial charge in [0.2, 0.25) is 5.75 Å². The Kier molecular flexibility index (Phi) is 6.72. The van der Waals surface area contributed by atoms with Crippen LogP contribution in [0.15, 0.2) is 18.2 Å². The molecule has 0 bridgehead atoms. The SMILES string of the molecule is COc1cc(CNC(=O)c2cc(C)n(C3CCCCC3)c2C)cc(OC)c1OC. The molecule has 29 heavy (non-hydrogen) atoms. The van der Waals surface area contributed by atoms with E-state index >= 15 is 0 Å². The molecule has 158 valence electrons. The van der Waals surface area contributed by atoms with Crippen LogP contribution >= 0.6 is 0 Å². The van der Waals surface area contributed by atoms with Crippen molar-refractivity contribution in [2.45, 2.75) is 58.5 Å². The maximum atomic E-state index is 12.9. The fourth-order valence-electron chi connectivity index (χ4n) is 4.42. The normalized spacial score (nSPS) is 14.5. The molecule has 0 saturated heterocycles. The predicted octanol–water partition coefficient (Wildman–Crippen LogP) is 4.57. The Morgan fingerprint density at radius 1 is 1.00 bits per heavy atom. The van der Waals surface area contributed by atoms with E-state index < -0.39 is 0 Å². The maximum absolute atomic E-state index is 12.9. The van der Waals surface area contributed by atoms with Crippen LogP contribution < -0.4 is 19.5 Å². The lowest BCUT2D eigenvalue weighted by atomic mass is 9.95. The van der Waals surface area contributed by atoms with Crippen LogP contribution in [0.3, 0.4) is 0 Å². The molecule has 1 aliphatic rings. The largest absolute Gasteiger partial charge is 0.493 e. The van der Waals surface area contributed by atoms with E-state index in [0.29, 0.717) is 29.8 Å². The van der Waals surface area contributed by atoms with Crippen molar-refractivity contribution in [1.29, 1.82) is 0 Å². The highest BCUT2D eigenvalue weighted by atomic mass is 16.5. The summed E-state index contributed by atoms with van der Waals surface area (Å²) in [6.07, 6.45) is 6.25. The minimum absolute atomic E-state index is 0.0612. The highest BCUT2D eigenvalue weighted by Gasteiger charge is 2.22. The molecule has 1 amide bonds. The van der Waals surface area contributed by atoms with Crippen molar-refractivity contribution in [1.82, 2.24) is 9.88 Å². The summed E-state index contributed by atoms with van der Waals surface area (Å²) in [7, 11) is 4.74. The first kappa shape index (κ1) is 21.1. The summed E-state index contributed by atoms with van der Waals surface area (Å²) in [6.45, 7) is 4.52. The Bertz CT molecular complexity index is 841. The summed E-state index contributed by atoms with van der Waals surface area (Å²) in [6, 6.07) is 6.23. The fourth-order valence-corrected chi connectivity index (χ4v) is 4.42. The summed E-state index contributed by atoms with van der Waals surface area (Å²) >= 11 is 0. The molecule has 1 aromatic carbocycles. The average Bonchev–Trinajstić information content (AvgIpc) is 3.05. The van der Waals surface area contributed by atoms with Crippen LogP contribution in [-0.4, -0.2) is 31.8 Å². The van der Waals surface area contributed by atoms with Crippen molar-refractivity contribution >= 4 is 5.91 Å². The van der Waals surface area contributed by atoms with Gasteiger partial charge in [-0.2, -0.15) is 0 Å². The molecule has 1 heterocycles. The summed E-state index contributed by atoms with van der Waals surface area (Å²) < 4.78 is 18.5. The van der Waals surface area contributed by atoms with E-state index in [4.69, 9.17) is 14.2 Å². The second-order valence-corrected chi connectivity index (χ2v) is 7.66. The quantitative estimate of drug-likeness (QED) is 0.740. The topological polar surface area (TPSA) is 61.7 Å². The molecule has 6 nitrogen and oxygen atoms in total. The Morgan fingerprint density at radius 3 is 2.17 bits per heavy atom. The first-order valence-electron chi connectivity index (χ1n) is 10.3. The molecule has 0 spiro atoms. The molecule has 1 aromatic heterocycles. The molecule has 1 saturated carbocycles. The molecule has 0 atom stereocenters. The molecular formula is C23H32N2O4. The van der Waals surface area contributed by atoms with E-state index in [1.54, 1.807) is 21.3 Å². The van der Waals surface area contributed by atoms with Gasteiger partial charge in [-0.05, 0) is 50.5 Å². The number of aromatic nitrogens is 1. The summed E-state index contributed by atoms with van der Waals surface area (Å²) in [5.41, 5.74) is 3.85. The minimum Gasteiger partial charge on any atom is -0.493 e. The molecule has 0 unspecified atom stereocenters. The van der Waals surface area contributed by atoms with E-state index in [1.807, 2.05) is 18.2 Å². The lowest BCUT2D eigenvalue weighted by Gasteiger charge is -2.26. The van der Waals surface area contributed by atoms with Crippen molar-refractivity contribution in [3.8, 4) is 17.2 Å². The smallest absolute Gasteiger partial charge is 0.253 e. The Labute approximate surface area is 173 Å². The van der Waals surface area contributed by atoms with Crippen molar-refractivity contribution in [3.05, 3.63) is 40.7 Å². The summed E-state index contributed by atoms with van der Waals surface area (Å²) in [5.74, 6) is 1.63. The molecule has 6 heteroatoms. The Hall–Kier alpha value is -2.63. The van der Waals surface area contributed by atoms with E-state index in [9.17, 15) is 4.79 Å². The lowest BCUT2D eigenvalue weighted by molar-refractivity contribution is 0.0950. The molecule has 0 radical (unpaired) electrons. The van der Waals surface area contributed by atoms with Crippen LogP contribution in [-0.2, 0) is 6.54 Å². The summed E-state index contributed by atoms with van der Waals surface area (Å²) in [5, 5.41) is 3.04. The van der Waals surface area contributed by atoms with Crippen LogP contribution in [0, 0.1) is 13.8 Å². The highest BCUT2D eigenvalue weighted by molar-refractivity contribution is 5.95. The predicted molar refractivity (Wildman–Crippen MR) is 113 cm³/mol. The van der Waals surface area contributed by atoms with Crippen LogP contribution in [0.4, 0.5) is 0 Å². The van der Waals surface area contributed by atoms with Gasteiger partial charge < -0.3 is 24.1 Å². The number of aryl methyl sites for hydroxylation is 1. The van der Waals surface area contributed by atoms with Gasteiger partial charge in [0.1, 0.15) is 0 Å². The second kappa shape index (κ2) is 9.25. The molecule has 1 aliphatic carbocycles. The van der Waals surface area contributed by atoms with Gasteiger partial charge in [-0.15, -0.1) is 0 Å². The van der Waals surface area contributed by atoms with Gasteiger partial charge >= 0.3 is 0 Å². The van der Waals surface area contributed by atoms with Gasteiger partial charge in [-0.25, -0.2) is 0 Å². The number of nitrogens with one attached hydrogen (secondary N) is 1. The van der Waals surface area contributed by atoms with Crippen LogP contribution in [0.5, 0.6) is 17.2 Å². The van der Waals surface area contributed by atoms with E-state index in [0.717, 1.165) is 22.5 Å². The Morgan fingerprint density at radius 2 is 1.62 bits per heavy atom. The second-order valence-electron chi connectivity index (χ2n) is 7.66. The third kappa shape index (κ3) is 4.36. The molecule has 1 fully saturated rings. The number of benzene rings is 1. The van der Waals surface area contributed by atoms with Crippen LogP contribution in [0.25, 0.3) is 0 Å². The zero-order chi connectivity index (χ0) is 21.0. The van der Waals surface area contributed by atoms with Crippen molar-refractivity contribution in [2.75, 3.05) is 21.3 Å². The zero-order valence-corrected chi connectivity index (χ0v) is 18.1. The highest BCUT2D eigenvalue weighted by Crippen LogP contribution is 2.38. The summed E-state index contributed by atoms with van der Waals surface area (Å²) in [4.78, 5) is 12.9. The van der Waals surface area contributed by atoms with Gasteiger partial charge in [0.05, 0.1) is 26.9 Å². The van der Waals surface area contributed by atoms with E-state index in [-0.39, 0.29) is 5.91 Å². The lowest BCUT2D eigenvalue weighted by Crippen LogP contribution is -2.24. The number of methoxy groups -OCH3 is 3. The van der Waals surface area contributed by atoms with Gasteiger partial charge in [0.15, 0.2) is 11.5 Å². The van der Waals surface area contributed by atoms with E-state index in [2.05, 4.69) is 23.7 Å². The van der Waals surface area contributed by atoms with Gasteiger partial charge in [-0.1, -0.05) is 19.3 Å². The molecular weight excluding hydrogens is 368 g/mol. The number of rotatable bonds is 7. The number of carbonyl (C=O) groups is 1. The third-order valence-electron chi connectivity index (χ3n) is 5.85.